The Morgan fingerprint density at radius 2 is 1.50 bits per heavy atom. The SMILES string of the molecule is CCCCNc1nc(NCCC)nc(N(C)C)n1. The van der Waals surface area contributed by atoms with Crippen molar-refractivity contribution in [2.45, 2.75) is 33.1 Å². The standard InChI is InChI=1S/C12H24N6/c1-5-7-9-14-11-15-10(13-8-6-2)16-12(17-11)18(3)4/h5-9H2,1-4H3,(H2,13,14,15,16,17). The molecule has 1 heterocycles. The highest BCUT2D eigenvalue weighted by atomic mass is 15.3. The highest BCUT2D eigenvalue weighted by Gasteiger charge is 2.07. The van der Waals surface area contributed by atoms with E-state index in [0.29, 0.717) is 17.8 Å². The minimum absolute atomic E-state index is 0.634. The van der Waals surface area contributed by atoms with Crippen molar-refractivity contribution in [1.29, 1.82) is 0 Å². The first kappa shape index (κ1) is 14.5. The maximum absolute atomic E-state index is 4.37. The van der Waals surface area contributed by atoms with Crippen LogP contribution in [0.5, 0.6) is 0 Å². The van der Waals surface area contributed by atoms with Crippen molar-refractivity contribution in [3.63, 3.8) is 0 Å². The van der Waals surface area contributed by atoms with Gasteiger partial charge < -0.3 is 15.5 Å². The summed E-state index contributed by atoms with van der Waals surface area (Å²) in [7, 11) is 3.85. The molecule has 2 N–H and O–H groups in total. The number of aromatic nitrogens is 3. The third kappa shape index (κ3) is 4.73. The molecule has 0 saturated heterocycles. The summed E-state index contributed by atoms with van der Waals surface area (Å²) in [4.78, 5) is 14.9. The minimum Gasteiger partial charge on any atom is -0.354 e. The number of anilines is 3. The summed E-state index contributed by atoms with van der Waals surface area (Å²) in [5.74, 6) is 1.94. The van der Waals surface area contributed by atoms with Crippen molar-refractivity contribution < 1.29 is 0 Å². The second kappa shape index (κ2) is 7.68. The summed E-state index contributed by atoms with van der Waals surface area (Å²) in [6.45, 7) is 6.03. The van der Waals surface area contributed by atoms with E-state index in [2.05, 4.69) is 39.4 Å². The average molecular weight is 252 g/mol. The van der Waals surface area contributed by atoms with Crippen LogP contribution in [0, 0.1) is 0 Å². The number of unbranched alkanes of at least 4 members (excludes halogenated alkanes) is 1. The maximum Gasteiger partial charge on any atom is 0.231 e. The van der Waals surface area contributed by atoms with E-state index in [-0.39, 0.29) is 0 Å². The van der Waals surface area contributed by atoms with E-state index >= 15 is 0 Å². The van der Waals surface area contributed by atoms with Crippen molar-refractivity contribution in [2.24, 2.45) is 0 Å². The number of nitrogens with one attached hydrogen (secondary N) is 2. The fourth-order valence-electron chi connectivity index (χ4n) is 1.34. The van der Waals surface area contributed by atoms with Gasteiger partial charge in [0.15, 0.2) is 0 Å². The fraction of sp³-hybridized carbons (Fsp3) is 0.750. The normalized spacial score (nSPS) is 10.2. The summed E-state index contributed by atoms with van der Waals surface area (Å²) in [6.07, 6.45) is 3.31. The van der Waals surface area contributed by atoms with Crippen LogP contribution in [0.1, 0.15) is 33.1 Å². The van der Waals surface area contributed by atoms with Gasteiger partial charge >= 0.3 is 0 Å². The van der Waals surface area contributed by atoms with Gasteiger partial charge in [-0.15, -0.1) is 0 Å². The molecule has 102 valence electrons. The van der Waals surface area contributed by atoms with Gasteiger partial charge in [-0.05, 0) is 12.8 Å². The van der Waals surface area contributed by atoms with Crippen LogP contribution in [0.25, 0.3) is 0 Å². The molecule has 18 heavy (non-hydrogen) atoms. The van der Waals surface area contributed by atoms with Gasteiger partial charge in [-0.3, -0.25) is 0 Å². The van der Waals surface area contributed by atoms with E-state index in [4.69, 9.17) is 0 Å². The van der Waals surface area contributed by atoms with Crippen molar-refractivity contribution in [2.75, 3.05) is 42.7 Å². The quantitative estimate of drug-likeness (QED) is 0.690. The third-order valence-corrected chi connectivity index (χ3v) is 2.37. The molecule has 0 spiro atoms. The molecule has 0 atom stereocenters. The summed E-state index contributed by atoms with van der Waals surface area (Å²) in [5, 5.41) is 6.42. The van der Waals surface area contributed by atoms with Gasteiger partial charge in [0.25, 0.3) is 0 Å². The molecular weight excluding hydrogens is 228 g/mol. The molecule has 0 bridgehead atoms. The van der Waals surface area contributed by atoms with Crippen LogP contribution < -0.4 is 15.5 Å². The third-order valence-electron chi connectivity index (χ3n) is 2.37. The zero-order valence-corrected chi connectivity index (χ0v) is 11.8. The first-order chi connectivity index (χ1) is 8.67. The molecule has 0 radical (unpaired) electrons. The van der Waals surface area contributed by atoms with Crippen LogP contribution in [0.15, 0.2) is 0 Å². The van der Waals surface area contributed by atoms with Crippen LogP contribution in [0.3, 0.4) is 0 Å². The minimum atomic E-state index is 0.634. The lowest BCUT2D eigenvalue weighted by atomic mass is 10.3. The first-order valence-corrected chi connectivity index (χ1v) is 6.58. The molecule has 1 aromatic rings. The summed E-state index contributed by atoms with van der Waals surface area (Å²) in [5.41, 5.74) is 0. The molecule has 0 aliphatic rings. The van der Waals surface area contributed by atoms with Gasteiger partial charge in [0.1, 0.15) is 0 Å². The molecule has 0 fully saturated rings. The lowest BCUT2D eigenvalue weighted by Crippen LogP contribution is -2.17. The van der Waals surface area contributed by atoms with E-state index in [1.165, 1.54) is 0 Å². The Hall–Kier alpha value is -1.59. The number of hydrogen-bond acceptors (Lipinski definition) is 6. The van der Waals surface area contributed by atoms with E-state index in [1.807, 2.05) is 19.0 Å². The summed E-state index contributed by atoms with van der Waals surface area (Å²) >= 11 is 0. The highest BCUT2D eigenvalue weighted by Crippen LogP contribution is 2.11. The molecule has 6 heteroatoms. The van der Waals surface area contributed by atoms with Crippen molar-refractivity contribution >= 4 is 17.8 Å². The smallest absolute Gasteiger partial charge is 0.231 e. The zero-order chi connectivity index (χ0) is 13.4. The van der Waals surface area contributed by atoms with Crippen LogP contribution in [-0.2, 0) is 0 Å². The second-order valence-corrected chi connectivity index (χ2v) is 4.38. The molecule has 0 unspecified atom stereocenters. The molecule has 1 aromatic heterocycles. The molecule has 0 aromatic carbocycles. The monoisotopic (exact) mass is 252 g/mol. The van der Waals surface area contributed by atoms with Gasteiger partial charge in [0.2, 0.25) is 17.8 Å². The van der Waals surface area contributed by atoms with Crippen LogP contribution in [0.4, 0.5) is 17.8 Å². The lowest BCUT2D eigenvalue weighted by molar-refractivity contribution is 0.821. The molecule has 0 aliphatic carbocycles. The molecule has 1 rings (SSSR count). The maximum atomic E-state index is 4.37. The average Bonchev–Trinajstić information content (AvgIpc) is 2.36. The number of rotatable bonds is 8. The Balaban J connectivity index is 2.77. The predicted molar refractivity (Wildman–Crippen MR) is 76.3 cm³/mol. The topological polar surface area (TPSA) is 66.0 Å². The first-order valence-electron chi connectivity index (χ1n) is 6.58. The Labute approximate surface area is 109 Å². The summed E-state index contributed by atoms with van der Waals surface area (Å²) < 4.78 is 0. The van der Waals surface area contributed by atoms with Crippen LogP contribution in [-0.4, -0.2) is 42.1 Å². The predicted octanol–water partition coefficient (Wildman–Crippen LogP) is 1.97. The largest absolute Gasteiger partial charge is 0.354 e. The van der Waals surface area contributed by atoms with Crippen molar-refractivity contribution in [3.05, 3.63) is 0 Å². The fourth-order valence-corrected chi connectivity index (χ4v) is 1.34. The molecular formula is C12H24N6. The van der Waals surface area contributed by atoms with E-state index in [0.717, 1.165) is 32.4 Å². The Bertz CT molecular complexity index is 352. The lowest BCUT2D eigenvalue weighted by Gasteiger charge is -2.13. The Morgan fingerprint density at radius 1 is 0.889 bits per heavy atom. The summed E-state index contributed by atoms with van der Waals surface area (Å²) in [6, 6.07) is 0. The van der Waals surface area contributed by atoms with E-state index < -0.39 is 0 Å². The van der Waals surface area contributed by atoms with Crippen molar-refractivity contribution in [3.8, 4) is 0 Å². The van der Waals surface area contributed by atoms with Gasteiger partial charge in [-0.25, -0.2) is 0 Å². The van der Waals surface area contributed by atoms with Crippen LogP contribution >= 0.6 is 0 Å². The van der Waals surface area contributed by atoms with E-state index in [9.17, 15) is 0 Å². The van der Waals surface area contributed by atoms with Gasteiger partial charge in [-0.2, -0.15) is 15.0 Å². The Morgan fingerprint density at radius 3 is 2.00 bits per heavy atom. The second-order valence-electron chi connectivity index (χ2n) is 4.38. The number of hydrogen-bond donors (Lipinski definition) is 2. The number of nitrogens with zero attached hydrogens (tertiary/aromatic N) is 4. The van der Waals surface area contributed by atoms with Crippen LogP contribution in [0.2, 0.25) is 0 Å². The molecule has 6 nitrogen and oxygen atoms in total. The van der Waals surface area contributed by atoms with Gasteiger partial charge in [0, 0.05) is 27.2 Å². The van der Waals surface area contributed by atoms with Crippen molar-refractivity contribution in [1.82, 2.24) is 15.0 Å². The highest BCUT2D eigenvalue weighted by molar-refractivity contribution is 5.42. The molecule has 0 saturated carbocycles. The van der Waals surface area contributed by atoms with Gasteiger partial charge in [-0.1, -0.05) is 20.3 Å². The molecule has 0 amide bonds. The molecule has 0 aliphatic heterocycles. The van der Waals surface area contributed by atoms with E-state index in [1.54, 1.807) is 0 Å². The van der Waals surface area contributed by atoms with Gasteiger partial charge in [0.05, 0.1) is 0 Å². The zero-order valence-electron chi connectivity index (χ0n) is 11.8. The Kier molecular flexibility index (Phi) is 6.18.